The zero-order chi connectivity index (χ0) is 11.1. The third kappa shape index (κ3) is 1.97. The molecule has 0 saturated heterocycles. The molecule has 1 aromatic rings. The molecule has 1 fully saturated rings. The summed E-state index contributed by atoms with van der Waals surface area (Å²) < 4.78 is 0. The molecule has 0 N–H and O–H groups in total. The van der Waals surface area contributed by atoms with E-state index < -0.39 is 0 Å². The molecule has 0 spiro atoms. The van der Waals surface area contributed by atoms with Crippen LogP contribution in [0.1, 0.15) is 50.7 Å². The van der Waals surface area contributed by atoms with Crippen LogP contribution in [-0.2, 0) is 10.2 Å². The van der Waals surface area contributed by atoms with Gasteiger partial charge in [0.2, 0.25) is 0 Å². The van der Waals surface area contributed by atoms with Gasteiger partial charge in [-0.25, -0.2) is 0 Å². The highest BCUT2D eigenvalue weighted by Crippen LogP contribution is 2.34. The lowest BCUT2D eigenvalue weighted by Crippen LogP contribution is -2.23. The molecular formula is C14H18O. The van der Waals surface area contributed by atoms with Gasteiger partial charge in [0, 0.05) is 12.3 Å². The quantitative estimate of drug-likeness (QED) is 0.682. The minimum Gasteiger partial charge on any atom is -0.299 e. The third-order valence-corrected chi connectivity index (χ3v) is 3.22. The van der Waals surface area contributed by atoms with E-state index in [1.165, 1.54) is 11.1 Å². The Morgan fingerprint density at radius 3 is 2.47 bits per heavy atom. The van der Waals surface area contributed by atoms with Gasteiger partial charge in [0.1, 0.15) is 5.78 Å². The molecule has 1 aliphatic carbocycles. The first-order chi connectivity index (χ1) is 6.98. The molecule has 1 aliphatic rings. The van der Waals surface area contributed by atoms with Crippen LogP contribution in [-0.4, -0.2) is 5.78 Å². The molecule has 0 amide bonds. The van der Waals surface area contributed by atoms with Crippen LogP contribution in [0.15, 0.2) is 24.3 Å². The third-order valence-electron chi connectivity index (χ3n) is 3.22. The van der Waals surface area contributed by atoms with Crippen LogP contribution in [0.2, 0.25) is 0 Å². The number of benzene rings is 1. The van der Waals surface area contributed by atoms with E-state index in [9.17, 15) is 4.79 Å². The van der Waals surface area contributed by atoms with Crippen molar-refractivity contribution in [1.82, 2.24) is 0 Å². The summed E-state index contributed by atoms with van der Waals surface area (Å²) in [4.78, 5) is 11.4. The van der Waals surface area contributed by atoms with Crippen LogP contribution in [0.3, 0.4) is 0 Å². The van der Waals surface area contributed by atoms with Crippen LogP contribution < -0.4 is 0 Å². The topological polar surface area (TPSA) is 17.1 Å². The lowest BCUT2D eigenvalue weighted by Gasteiger charge is -2.26. The molecule has 1 atom stereocenters. The first-order valence-corrected chi connectivity index (χ1v) is 5.61. The van der Waals surface area contributed by atoms with Crippen molar-refractivity contribution >= 4 is 5.78 Å². The van der Waals surface area contributed by atoms with Crippen LogP contribution in [0, 0.1) is 0 Å². The standard InChI is InChI=1S/C14H18O/c1-14(2,3)11-6-4-5-10(9-11)12-7-8-13(12)15/h4-6,9,12H,7-8H2,1-3H3. The predicted molar refractivity (Wildman–Crippen MR) is 62.1 cm³/mol. The predicted octanol–water partition coefficient (Wildman–Crippen LogP) is 3.43. The molecule has 1 aromatic carbocycles. The van der Waals surface area contributed by atoms with Crippen LogP contribution >= 0.6 is 0 Å². The molecule has 1 nitrogen and oxygen atoms in total. The molecule has 1 saturated carbocycles. The van der Waals surface area contributed by atoms with Crippen molar-refractivity contribution < 1.29 is 4.79 Å². The van der Waals surface area contributed by atoms with Gasteiger partial charge in [-0.05, 0) is 23.0 Å². The lowest BCUT2D eigenvalue weighted by atomic mass is 9.76. The normalized spacial score (nSPS) is 21.3. The monoisotopic (exact) mass is 202 g/mol. The minimum atomic E-state index is 0.169. The fourth-order valence-electron chi connectivity index (χ4n) is 1.98. The zero-order valence-corrected chi connectivity index (χ0v) is 9.71. The average Bonchev–Trinajstić information content (AvgIpc) is 2.15. The fraction of sp³-hybridized carbons (Fsp3) is 0.500. The molecule has 80 valence electrons. The second-order valence-electron chi connectivity index (χ2n) is 5.43. The van der Waals surface area contributed by atoms with E-state index >= 15 is 0 Å². The molecule has 1 heteroatoms. The summed E-state index contributed by atoms with van der Waals surface area (Å²) in [5.74, 6) is 0.591. The second-order valence-corrected chi connectivity index (χ2v) is 5.43. The Morgan fingerprint density at radius 2 is 2.00 bits per heavy atom. The first kappa shape index (κ1) is 10.4. The van der Waals surface area contributed by atoms with Crippen LogP contribution in [0.4, 0.5) is 0 Å². The van der Waals surface area contributed by atoms with Crippen LogP contribution in [0.25, 0.3) is 0 Å². The van der Waals surface area contributed by atoms with Crippen molar-refractivity contribution in [2.75, 3.05) is 0 Å². The van der Waals surface area contributed by atoms with Gasteiger partial charge < -0.3 is 0 Å². The van der Waals surface area contributed by atoms with Gasteiger partial charge >= 0.3 is 0 Å². The number of carbonyl (C=O) groups excluding carboxylic acids is 1. The molecule has 2 rings (SSSR count). The summed E-state index contributed by atoms with van der Waals surface area (Å²) in [6.07, 6.45) is 1.80. The van der Waals surface area contributed by atoms with Gasteiger partial charge in [0.25, 0.3) is 0 Å². The van der Waals surface area contributed by atoms with Gasteiger partial charge in [-0.3, -0.25) is 4.79 Å². The van der Waals surface area contributed by atoms with Crippen LogP contribution in [0.5, 0.6) is 0 Å². The summed E-state index contributed by atoms with van der Waals surface area (Å²) >= 11 is 0. The number of ketones is 1. The smallest absolute Gasteiger partial charge is 0.140 e. The molecule has 0 aromatic heterocycles. The summed E-state index contributed by atoms with van der Waals surface area (Å²) in [5.41, 5.74) is 2.70. The highest BCUT2D eigenvalue weighted by Gasteiger charge is 2.29. The SMILES string of the molecule is CC(C)(C)c1cccc(C2CCC2=O)c1. The number of hydrogen-bond acceptors (Lipinski definition) is 1. The van der Waals surface area contributed by atoms with Crippen molar-refractivity contribution in [1.29, 1.82) is 0 Å². The van der Waals surface area contributed by atoms with Crippen molar-refractivity contribution in [3.63, 3.8) is 0 Å². The Kier molecular flexibility index (Phi) is 2.41. The maximum Gasteiger partial charge on any atom is 0.140 e. The van der Waals surface area contributed by atoms with Crippen molar-refractivity contribution in [3.05, 3.63) is 35.4 Å². The summed E-state index contributed by atoms with van der Waals surface area (Å²) in [6.45, 7) is 6.61. The van der Waals surface area contributed by atoms with Crippen molar-refractivity contribution in [2.24, 2.45) is 0 Å². The Hall–Kier alpha value is -1.11. The molecule has 0 bridgehead atoms. The van der Waals surface area contributed by atoms with Gasteiger partial charge in [-0.1, -0.05) is 45.0 Å². The maximum atomic E-state index is 11.4. The van der Waals surface area contributed by atoms with E-state index in [0.29, 0.717) is 5.78 Å². The second kappa shape index (κ2) is 3.48. The summed E-state index contributed by atoms with van der Waals surface area (Å²) in [6, 6.07) is 8.49. The Labute approximate surface area is 91.5 Å². The van der Waals surface area contributed by atoms with E-state index in [1.807, 2.05) is 0 Å². The molecular weight excluding hydrogens is 184 g/mol. The lowest BCUT2D eigenvalue weighted by molar-refractivity contribution is -0.125. The van der Waals surface area contributed by atoms with Gasteiger partial charge in [0.05, 0.1) is 0 Å². The van der Waals surface area contributed by atoms with E-state index in [1.54, 1.807) is 0 Å². The molecule has 0 radical (unpaired) electrons. The highest BCUT2D eigenvalue weighted by atomic mass is 16.1. The van der Waals surface area contributed by atoms with Crippen molar-refractivity contribution in [2.45, 2.75) is 44.9 Å². The Bertz CT molecular complexity index is 385. The first-order valence-electron chi connectivity index (χ1n) is 5.61. The van der Waals surface area contributed by atoms with E-state index in [2.05, 4.69) is 45.0 Å². The maximum absolute atomic E-state index is 11.4. The van der Waals surface area contributed by atoms with E-state index in [0.717, 1.165) is 12.8 Å². The summed E-state index contributed by atoms with van der Waals surface area (Å²) in [7, 11) is 0. The molecule has 1 unspecified atom stereocenters. The number of hydrogen-bond donors (Lipinski definition) is 0. The minimum absolute atomic E-state index is 0.169. The van der Waals surface area contributed by atoms with Gasteiger partial charge in [0.15, 0.2) is 0 Å². The largest absolute Gasteiger partial charge is 0.299 e. The van der Waals surface area contributed by atoms with E-state index in [-0.39, 0.29) is 11.3 Å². The zero-order valence-electron chi connectivity index (χ0n) is 9.71. The Balaban J connectivity index is 2.31. The highest BCUT2D eigenvalue weighted by molar-refractivity contribution is 5.91. The van der Waals surface area contributed by atoms with Gasteiger partial charge in [-0.2, -0.15) is 0 Å². The molecule has 15 heavy (non-hydrogen) atoms. The van der Waals surface area contributed by atoms with E-state index in [4.69, 9.17) is 0 Å². The van der Waals surface area contributed by atoms with Crippen molar-refractivity contribution in [3.8, 4) is 0 Å². The van der Waals surface area contributed by atoms with Gasteiger partial charge in [-0.15, -0.1) is 0 Å². The Morgan fingerprint density at radius 1 is 1.27 bits per heavy atom. The molecule has 0 heterocycles. The molecule has 0 aliphatic heterocycles. The average molecular weight is 202 g/mol. The fourth-order valence-corrected chi connectivity index (χ4v) is 1.98. The number of Topliss-reactive ketones (excluding diaryl/α,β-unsaturated/α-hetero) is 1. The number of rotatable bonds is 1. The summed E-state index contributed by atoms with van der Waals surface area (Å²) in [5, 5.41) is 0. The number of carbonyl (C=O) groups is 1.